The van der Waals surface area contributed by atoms with Crippen molar-refractivity contribution in [3.8, 4) is 0 Å². The minimum atomic E-state index is -0.678. The zero-order valence-corrected chi connectivity index (χ0v) is 13.5. The average Bonchev–Trinajstić information content (AvgIpc) is 2.83. The third-order valence-electron chi connectivity index (χ3n) is 2.81. The highest BCUT2D eigenvalue weighted by Crippen LogP contribution is 2.25. The molecule has 112 valence electrons. The van der Waals surface area contributed by atoms with E-state index in [2.05, 4.69) is 14.9 Å². The van der Waals surface area contributed by atoms with E-state index in [9.17, 15) is 9.59 Å². The summed E-state index contributed by atoms with van der Waals surface area (Å²) in [5.74, 6) is -0.859. The number of carbonyl (C=O) groups excluding carboxylic acids is 2. The Kier molecular flexibility index (Phi) is 5.21. The number of esters is 1. The molecule has 0 spiro atoms. The Balaban J connectivity index is 2.96. The van der Waals surface area contributed by atoms with Crippen LogP contribution in [-0.4, -0.2) is 34.6 Å². The molecule has 1 aromatic heterocycles. The number of nitrogens with one attached hydrogen (secondary N) is 1. The molecule has 1 amide bonds. The highest BCUT2D eigenvalue weighted by Gasteiger charge is 2.30. The molecule has 7 heteroatoms. The Bertz CT molecular complexity index is 491. The predicted molar refractivity (Wildman–Crippen MR) is 76.7 cm³/mol. The quantitative estimate of drug-likeness (QED) is 0.857. The first-order chi connectivity index (χ1) is 9.18. The van der Waals surface area contributed by atoms with Gasteiger partial charge in [0.2, 0.25) is 0 Å². The molecule has 1 aromatic rings. The van der Waals surface area contributed by atoms with Crippen molar-refractivity contribution in [3.05, 3.63) is 10.6 Å². The van der Waals surface area contributed by atoms with Crippen molar-refractivity contribution in [1.82, 2.24) is 14.9 Å². The molecule has 20 heavy (non-hydrogen) atoms. The summed E-state index contributed by atoms with van der Waals surface area (Å²) in [6, 6.07) is -0.678. The lowest BCUT2D eigenvalue weighted by Crippen LogP contribution is -2.45. The number of aromatic nitrogens is 2. The van der Waals surface area contributed by atoms with Crippen LogP contribution in [0.5, 0.6) is 0 Å². The molecular formula is C13H21N3O3S. The van der Waals surface area contributed by atoms with Gasteiger partial charge in [0, 0.05) is 5.41 Å². The summed E-state index contributed by atoms with van der Waals surface area (Å²) in [5, 5.41) is 6.72. The Hall–Kier alpha value is -1.50. The Morgan fingerprint density at radius 1 is 1.30 bits per heavy atom. The molecule has 0 saturated carbocycles. The van der Waals surface area contributed by atoms with Crippen molar-refractivity contribution >= 4 is 23.4 Å². The van der Waals surface area contributed by atoms with Crippen molar-refractivity contribution < 1.29 is 14.3 Å². The van der Waals surface area contributed by atoms with Crippen molar-refractivity contribution in [3.63, 3.8) is 0 Å². The van der Waals surface area contributed by atoms with E-state index in [-0.39, 0.29) is 17.2 Å². The van der Waals surface area contributed by atoms with Crippen LogP contribution in [0, 0.1) is 5.92 Å². The second kappa shape index (κ2) is 6.30. The van der Waals surface area contributed by atoms with Gasteiger partial charge in [-0.05, 0) is 17.5 Å². The van der Waals surface area contributed by atoms with Crippen LogP contribution in [0.2, 0.25) is 0 Å². The molecule has 0 radical (unpaired) electrons. The minimum Gasteiger partial charge on any atom is -0.467 e. The predicted octanol–water partition coefficient (Wildman–Crippen LogP) is 1.76. The van der Waals surface area contributed by atoms with E-state index in [4.69, 9.17) is 4.74 Å². The first-order valence-electron chi connectivity index (χ1n) is 6.40. The first-order valence-corrected chi connectivity index (χ1v) is 7.17. The van der Waals surface area contributed by atoms with Gasteiger partial charge in [0.25, 0.3) is 5.91 Å². The Labute approximate surface area is 123 Å². The van der Waals surface area contributed by atoms with Crippen molar-refractivity contribution in [2.24, 2.45) is 5.92 Å². The average molecular weight is 299 g/mol. The Morgan fingerprint density at radius 2 is 1.90 bits per heavy atom. The zero-order valence-electron chi connectivity index (χ0n) is 12.7. The summed E-state index contributed by atoms with van der Waals surface area (Å²) in [7, 11) is 1.30. The summed E-state index contributed by atoms with van der Waals surface area (Å²) in [5.41, 5.74) is 0.352. The van der Waals surface area contributed by atoms with Gasteiger partial charge in [0.05, 0.1) is 12.8 Å². The van der Waals surface area contributed by atoms with Gasteiger partial charge in [0.1, 0.15) is 10.9 Å². The third kappa shape index (κ3) is 3.75. The number of nitrogens with zero attached hydrogens (tertiary/aromatic N) is 2. The largest absolute Gasteiger partial charge is 0.467 e. The van der Waals surface area contributed by atoms with E-state index < -0.39 is 12.0 Å². The first kappa shape index (κ1) is 16.6. The van der Waals surface area contributed by atoms with E-state index in [1.54, 1.807) is 0 Å². The molecule has 0 aliphatic carbocycles. The summed E-state index contributed by atoms with van der Waals surface area (Å²) >= 11 is 1.03. The number of hydrogen-bond donors (Lipinski definition) is 1. The fourth-order valence-electron chi connectivity index (χ4n) is 1.66. The molecule has 1 rings (SSSR count). The molecule has 0 bridgehead atoms. The van der Waals surface area contributed by atoms with Gasteiger partial charge in [-0.25, -0.2) is 4.79 Å². The second-order valence-corrected chi connectivity index (χ2v) is 6.67. The van der Waals surface area contributed by atoms with Crippen LogP contribution in [0.15, 0.2) is 0 Å². The van der Waals surface area contributed by atoms with Crippen LogP contribution in [0.4, 0.5) is 0 Å². The van der Waals surface area contributed by atoms with Gasteiger partial charge in [-0.2, -0.15) is 0 Å². The van der Waals surface area contributed by atoms with Gasteiger partial charge in [-0.3, -0.25) is 4.79 Å². The van der Waals surface area contributed by atoms with Gasteiger partial charge >= 0.3 is 5.97 Å². The normalized spacial score (nSPS) is 13.2. The molecule has 1 heterocycles. The number of ether oxygens (including phenoxy) is 1. The number of rotatable bonds is 4. The van der Waals surface area contributed by atoms with E-state index in [1.165, 1.54) is 7.11 Å². The number of carbonyl (C=O) groups is 2. The second-order valence-electron chi connectivity index (χ2n) is 5.92. The molecule has 0 aliphatic heterocycles. The van der Waals surface area contributed by atoms with Crippen LogP contribution in [0.1, 0.15) is 50.0 Å². The maximum absolute atomic E-state index is 12.3. The van der Waals surface area contributed by atoms with Crippen LogP contribution in [0.25, 0.3) is 0 Å². The highest BCUT2D eigenvalue weighted by molar-refractivity contribution is 7.08. The number of amides is 1. The highest BCUT2D eigenvalue weighted by atomic mass is 32.1. The fourth-order valence-corrected chi connectivity index (χ4v) is 2.44. The van der Waals surface area contributed by atoms with Crippen LogP contribution >= 0.6 is 11.5 Å². The molecule has 0 saturated heterocycles. The monoisotopic (exact) mass is 299 g/mol. The molecule has 6 nitrogen and oxygen atoms in total. The lowest BCUT2D eigenvalue weighted by molar-refractivity contribution is -0.144. The molecule has 0 aromatic carbocycles. The molecule has 1 unspecified atom stereocenters. The van der Waals surface area contributed by atoms with Gasteiger partial charge in [-0.15, -0.1) is 5.10 Å². The maximum Gasteiger partial charge on any atom is 0.328 e. The molecule has 0 fully saturated rings. The van der Waals surface area contributed by atoms with Gasteiger partial charge < -0.3 is 10.1 Å². The van der Waals surface area contributed by atoms with Crippen molar-refractivity contribution in [2.45, 2.75) is 46.1 Å². The minimum absolute atomic E-state index is 0.0645. The number of hydrogen-bond acceptors (Lipinski definition) is 6. The van der Waals surface area contributed by atoms with Gasteiger partial charge in [0.15, 0.2) is 0 Å². The SMILES string of the molecule is COC(=O)C(NC(=O)c1snnc1C(C)(C)C)C(C)C. The Morgan fingerprint density at radius 3 is 2.35 bits per heavy atom. The summed E-state index contributed by atoms with van der Waals surface area (Å²) in [6.45, 7) is 9.57. The van der Waals surface area contributed by atoms with Gasteiger partial charge in [-0.1, -0.05) is 39.1 Å². The van der Waals surface area contributed by atoms with Crippen LogP contribution in [0.3, 0.4) is 0 Å². The standard InChI is InChI=1S/C13H21N3O3S/c1-7(2)8(12(18)19-6)14-11(17)9-10(13(3,4)5)15-16-20-9/h7-8H,1-6H3,(H,14,17). The fraction of sp³-hybridized carbons (Fsp3) is 0.692. The molecule has 1 N–H and O–H groups in total. The van der Waals surface area contributed by atoms with Crippen molar-refractivity contribution in [1.29, 1.82) is 0 Å². The van der Waals surface area contributed by atoms with E-state index in [0.717, 1.165) is 11.5 Å². The van der Waals surface area contributed by atoms with Crippen molar-refractivity contribution in [2.75, 3.05) is 7.11 Å². The van der Waals surface area contributed by atoms with Crippen LogP contribution in [-0.2, 0) is 14.9 Å². The van der Waals surface area contributed by atoms with E-state index >= 15 is 0 Å². The lowest BCUT2D eigenvalue weighted by atomic mass is 9.91. The summed E-state index contributed by atoms with van der Waals surface area (Å²) < 4.78 is 8.55. The summed E-state index contributed by atoms with van der Waals surface area (Å²) in [4.78, 5) is 24.4. The zero-order chi connectivity index (χ0) is 15.5. The van der Waals surface area contributed by atoms with E-state index in [1.807, 2.05) is 34.6 Å². The smallest absolute Gasteiger partial charge is 0.328 e. The maximum atomic E-state index is 12.3. The molecular weight excluding hydrogens is 278 g/mol. The lowest BCUT2D eigenvalue weighted by Gasteiger charge is -2.21. The molecule has 1 atom stereocenters. The number of methoxy groups -OCH3 is 1. The van der Waals surface area contributed by atoms with E-state index in [0.29, 0.717) is 10.6 Å². The third-order valence-corrected chi connectivity index (χ3v) is 3.54. The molecule has 0 aliphatic rings. The summed E-state index contributed by atoms with van der Waals surface area (Å²) in [6.07, 6.45) is 0. The topological polar surface area (TPSA) is 81.2 Å². The van der Waals surface area contributed by atoms with Crippen LogP contribution < -0.4 is 5.32 Å².